The van der Waals surface area contributed by atoms with Crippen LogP contribution in [0, 0.1) is 0 Å². The zero-order valence-electron chi connectivity index (χ0n) is 38.7. The van der Waals surface area contributed by atoms with E-state index in [1.54, 1.807) is 30.5 Å². The summed E-state index contributed by atoms with van der Waals surface area (Å²) in [6, 6.07) is -4.63. The van der Waals surface area contributed by atoms with Gasteiger partial charge >= 0.3 is 5.97 Å². The summed E-state index contributed by atoms with van der Waals surface area (Å²) in [5.74, 6) is -8.40. The van der Waals surface area contributed by atoms with Crippen molar-refractivity contribution in [2.24, 2.45) is 22.2 Å². The molecular weight excluding hydrogens is 923 g/mol. The molecular formula is C42H63N15O11S. The van der Waals surface area contributed by atoms with Crippen molar-refractivity contribution in [2.75, 3.05) is 12.3 Å². The summed E-state index contributed by atoms with van der Waals surface area (Å²) in [7, 11) is 0. The number of carbonyl (C=O) groups is 9. The third-order valence-electron chi connectivity index (χ3n) is 10.5. The van der Waals surface area contributed by atoms with Gasteiger partial charge < -0.3 is 79.9 Å². The zero-order valence-corrected chi connectivity index (χ0v) is 39.6. The Hall–Kier alpha value is -7.26. The van der Waals surface area contributed by atoms with Crippen molar-refractivity contribution in [2.45, 2.75) is 121 Å². The second-order valence-corrected chi connectivity index (χ2v) is 16.6. The summed E-state index contributed by atoms with van der Waals surface area (Å²) in [4.78, 5) is 132. The number of aliphatic carboxylic acids is 1. The monoisotopic (exact) mass is 985 g/mol. The number of hydrogen-bond acceptors (Lipinski definition) is 14. The predicted molar refractivity (Wildman–Crippen MR) is 253 cm³/mol. The van der Waals surface area contributed by atoms with Gasteiger partial charge in [0, 0.05) is 54.1 Å². The smallest absolute Gasteiger partial charge is 0.326 e. The highest BCUT2D eigenvalue weighted by molar-refractivity contribution is 7.80. The number of fused-ring (bicyclic) bond motifs is 1. The first kappa shape index (κ1) is 56.1. The van der Waals surface area contributed by atoms with Crippen molar-refractivity contribution in [3.8, 4) is 0 Å². The molecule has 26 nitrogen and oxygen atoms in total. The number of aliphatic imine (C=N–C) groups is 1. The lowest BCUT2D eigenvalue weighted by atomic mass is 10.0. The fraction of sp³-hybridized carbons (Fsp3) is 0.500. The molecule has 0 saturated carbocycles. The molecule has 0 spiro atoms. The van der Waals surface area contributed by atoms with Gasteiger partial charge in [0.15, 0.2) is 5.96 Å². The van der Waals surface area contributed by atoms with Gasteiger partial charge in [0.25, 0.3) is 0 Å². The van der Waals surface area contributed by atoms with Crippen LogP contribution in [-0.4, -0.2) is 157 Å². The maximum absolute atomic E-state index is 14.0. The molecule has 8 amide bonds. The summed E-state index contributed by atoms with van der Waals surface area (Å²) in [5, 5.41) is 40.4. The predicted octanol–water partition coefficient (Wildman–Crippen LogP) is -4.59. The molecule has 0 unspecified atom stereocenters. The number of carboxylic acid groups (broad SMARTS) is 1. The normalized spacial score (nSPS) is 15.4. The lowest BCUT2D eigenvalue weighted by Gasteiger charge is -2.26. The second-order valence-electron chi connectivity index (χ2n) is 16.3. The minimum atomic E-state index is -1.64. The van der Waals surface area contributed by atoms with Gasteiger partial charge in [0.2, 0.25) is 47.3 Å². The molecule has 0 radical (unpaired) electrons. The molecule has 0 saturated heterocycles. The van der Waals surface area contributed by atoms with E-state index in [1.807, 2.05) is 0 Å². The molecule has 3 aromatic rings. The first-order chi connectivity index (χ1) is 32.5. The second kappa shape index (κ2) is 26.9. The van der Waals surface area contributed by atoms with Gasteiger partial charge in [-0.3, -0.25) is 43.3 Å². The number of benzene rings is 1. The molecule has 10 atom stereocenters. The van der Waals surface area contributed by atoms with Gasteiger partial charge in [-0.1, -0.05) is 18.2 Å². The lowest BCUT2D eigenvalue weighted by molar-refractivity contribution is -0.143. The number of aromatic amines is 2. The Bertz CT molecular complexity index is 2300. The highest BCUT2D eigenvalue weighted by Crippen LogP contribution is 2.19. The van der Waals surface area contributed by atoms with Crippen LogP contribution in [0.5, 0.6) is 0 Å². The lowest BCUT2D eigenvalue weighted by Crippen LogP contribution is -2.60. The van der Waals surface area contributed by atoms with Crippen molar-refractivity contribution in [1.82, 2.24) is 57.5 Å². The number of aromatic nitrogens is 3. The number of imidazole rings is 1. The molecule has 0 aliphatic rings. The fourth-order valence-corrected chi connectivity index (χ4v) is 6.75. The minimum absolute atomic E-state index is 0.0810. The van der Waals surface area contributed by atoms with E-state index in [9.17, 15) is 53.4 Å². The number of rotatable bonds is 27. The molecule has 0 aliphatic carbocycles. The van der Waals surface area contributed by atoms with E-state index in [2.05, 4.69) is 75.1 Å². The van der Waals surface area contributed by atoms with Crippen LogP contribution < -0.4 is 59.7 Å². The number of aliphatic hydroxyl groups excluding tert-OH is 1. The molecule has 0 bridgehead atoms. The number of nitrogens with zero attached hydrogens (tertiary/aromatic N) is 2. The summed E-state index contributed by atoms with van der Waals surface area (Å²) in [5.41, 5.74) is 18.0. The summed E-state index contributed by atoms with van der Waals surface area (Å²) >= 11 is 4.15. The highest BCUT2D eigenvalue weighted by atomic mass is 32.1. The minimum Gasteiger partial charge on any atom is -0.480 e. The first-order valence-electron chi connectivity index (χ1n) is 21.8. The summed E-state index contributed by atoms with van der Waals surface area (Å²) in [6.07, 6.45) is 2.83. The number of hydrogen-bond donors (Lipinski definition) is 16. The third-order valence-corrected chi connectivity index (χ3v) is 10.8. The average Bonchev–Trinajstić information content (AvgIpc) is 3.97. The van der Waals surface area contributed by atoms with Crippen molar-refractivity contribution < 1.29 is 53.4 Å². The number of nitrogens with one attached hydrogen (secondary N) is 10. The van der Waals surface area contributed by atoms with Gasteiger partial charge in [0.05, 0.1) is 18.5 Å². The maximum atomic E-state index is 14.0. The Labute approximate surface area is 402 Å². The zero-order chi connectivity index (χ0) is 51.5. The number of para-hydroxylation sites is 1. The molecule has 3 rings (SSSR count). The molecule has 0 aliphatic heterocycles. The van der Waals surface area contributed by atoms with E-state index >= 15 is 0 Å². The van der Waals surface area contributed by atoms with Crippen molar-refractivity contribution >= 4 is 82.7 Å². The molecule has 18 N–H and O–H groups in total. The number of carboxylic acids is 1. The average molecular weight is 986 g/mol. The van der Waals surface area contributed by atoms with E-state index in [4.69, 9.17) is 17.2 Å². The van der Waals surface area contributed by atoms with Gasteiger partial charge in [-0.2, -0.15) is 12.6 Å². The topological polar surface area (TPSA) is 425 Å². The number of guanidine groups is 1. The van der Waals surface area contributed by atoms with Crippen molar-refractivity contribution in [1.29, 1.82) is 0 Å². The summed E-state index contributed by atoms with van der Waals surface area (Å²) in [6.45, 7) is 6.62. The Morgan fingerprint density at radius 3 is 1.75 bits per heavy atom. The molecule has 1 aromatic carbocycles. The van der Waals surface area contributed by atoms with Gasteiger partial charge in [-0.25, -0.2) is 9.78 Å². The van der Waals surface area contributed by atoms with Crippen molar-refractivity contribution in [3.05, 3.63) is 54.2 Å². The summed E-state index contributed by atoms with van der Waals surface area (Å²) < 4.78 is 0. The van der Waals surface area contributed by atoms with E-state index in [0.29, 0.717) is 11.3 Å². The molecule has 2 aromatic heterocycles. The van der Waals surface area contributed by atoms with Gasteiger partial charge in [0.1, 0.15) is 48.3 Å². The van der Waals surface area contributed by atoms with Crippen LogP contribution in [0.25, 0.3) is 10.9 Å². The van der Waals surface area contributed by atoms with E-state index in [0.717, 1.165) is 10.9 Å². The highest BCUT2D eigenvalue weighted by Gasteiger charge is 2.34. The Balaban J connectivity index is 1.73. The van der Waals surface area contributed by atoms with E-state index < -0.39 is 114 Å². The van der Waals surface area contributed by atoms with Crippen LogP contribution in [-0.2, 0) is 56.0 Å². The quantitative estimate of drug-likeness (QED) is 0.0148. The largest absolute Gasteiger partial charge is 0.480 e. The van der Waals surface area contributed by atoms with Gasteiger partial charge in [-0.05, 0) is 59.1 Å². The third kappa shape index (κ3) is 17.7. The van der Waals surface area contributed by atoms with Crippen LogP contribution >= 0.6 is 12.6 Å². The number of H-pyrrole nitrogens is 2. The molecule has 0 fully saturated rings. The van der Waals surface area contributed by atoms with Crippen LogP contribution in [0.1, 0.15) is 58.7 Å². The Morgan fingerprint density at radius 2 is 1.20 bits per heavy atom. The maximum Gasteiger partial charge on any atom is 0.326 e. The van der Waals surface area contributed by atoms with Crippen LogP contribution in [0.15, 0.2) is 48.0 Å². The van der Waals surface area contributed by atoms with Crippen LogP contribution in [0.4, 0.5) is 0 Å². The standard InChI is InChI=1S/C42H63N15O11S/c1-19(43)33(59)56-31(17-69)39(65)55-30(14-25-16-46-18-49-25)38(64)52-21(3)35(61)54-29(13-24-15-48-27-10-7-6-9-26(24)27)37(63)51-20(2)34(60)50-22(4)36(62)57-32(23(5)58)40(66)53-28(41(67)68)11-8-12-47-42(44)45/h6-7,9-10,15-16,18-23,28-32,48,58,69H,8,11-14,17,43H2,1-5H3,(H,46,49)(H,50,60)(H,51,63)(H,52,64)(H,53,66)(H,54,61)(H,55,65)(H,56,59)(H,57,62)(H,67,68)(H4,44,45,47)/t19-,20-,21-,22-,23+,28-,29-,30-,31-,32-/m0/s1. The molecule has 27 heteroatoms. The molecule has 378 valence electrons. The van der Waals surface area contributed by atoms with Gasteiger partial charge in [-0.15, -0.1) is 0 Å². The van der Waals surface area contributed by atoms with E-state index in [1.165, 1.54) is 47.1 Å². The van der Waals surface area contributed by atoms with Crippen LogP contribution in [0.2, 0.25) is 0 Å². The van der Waals surface area contributed by atoms with E-state index in [-0.39, 0.29) is 43.9 Å². The first-order valence-corrected chi connectivity index (χ1v) is 22.4. The molecule has 69 heavy (non-hydrogen) atoms. The Morgan fingerprint density at radius 1 is 0.681 bits per heavy atom. The number of thiol groups is 1. The number of carbonyl (C=O) groups excluding carboxylic acids is 8. The molecule has 2 heterocycles. The fourth-order valence-electron chi connectivity index (χ4n) is 6.49. The SMILES string of the molecule is C[C@H](N)C(=O)N[C@@H](CS)C(=O)N[C@@H](Cc1cnc[nH]1)C(=O)N[C@@H](C)C(=O)N[C@@H](Cc1c[nH]c2ccccc12)C(=O)N[C@@H](C)C(=O)N[C@@H](C)C(=O)N[C@H](C(=O)N[C@@H](CCCN=C(N)N)C(=O)O)[C@@H](C)O. The number of nitrogens with two attached hydrogens (primary N) is 3. The van der Waals surface area contributed by atoms with Crippen molar-refractivity contribution in [3.63, 3.8) is 0 Å². The number of aliphatic hydroxyl groups is 1. The number of amides is 8. The van der Waals surface area contributed by atoms with Crippen LogP contribution in [0.3, 0.4) is 0 Å². The Kier molecular flexibility index (Phi) is 21.9.